The van der Waals surface area contributed by atoms with E-state index < -0.39 is 23.1 Å². The first-order valence-electron chi connectivity index (χ1n) is 5.13. The summed E-state index contributed by atoms with van der Waals surface area (Å²) in [4.78, 5) is 0. The Morgan fingerprint density at radius 2 is 1.63 bits per heavy atom. The number of anilines is 2. The predicted molar refractivity (Wildman–Crippen MR) is 65.8 cm³/mol. The van der Waals surface area contributed by atoms with E-state index in [0.717, 1.165) is 18.2 Å². The third-order valence-corrected chi connectivity index (χ3v) is 2.70. The summed E-state index contributed by atoms with van der Waals surface area (Å²) in [5.41, 5.74) is -0.960. The molecule has 2 rings (SSSR count). The van der Waals surface area contributed by atoms with Gasteiger partial charge in [-0.2, -0.15) is 5.26 Å². The Bertz CT molecular complexity index is 637. The molecule has 0 radical (unpaired) electrons. The van der Waals surface area contributed by atoms with Crippen LogP contribution in [0.2, 0.25) is 5.02 Å². The lowest BCUT2D eigenvalue weighted by Gasteiger charge is -2.11. The quantitative estimate of drug-likeness (QED) is 0.887. The van der Waals surface area contributed by atoms with E-state index in [1.165, 1.54) is 12.1 Å². The largest absolute Gasteiger partial charge is 0.347 e. The summed E-state index contributed by atoms with van der Waals surface area (Å²) in [6.45, 7) is 0. The fraction of sp³-hybridized carbons (Fsp3) is 0. The van der Waals surface area contributed by atoms with E-state index in [-0.39, 0.29) is 16.3 Å². The topological polar surface area (TPSA) is 35.8 Å². The number of rotatable bonds is 2. The lowest BCUT2D eigenvalue weighted by Crippen LogP contribution is -2.01. The second kappa shape index (κ2) is 5.21. The molecule has 2 aromatic carbocycles. The van der Waals surface area contributed by atoms with Crippen LogP contribution in [-0.4, -0.2) is 0 Å². The second-order valence-corrected chi connectivity index (χ2v) is 4.06. The van der Waals surface area contributed by atoms with Gasteiger partial charge in [0, 0.05) is 0 Å². The highest BCUT2D eigenvalue weighted by atomic mass is 35.5. The van der Waals surface area contributed by atoms with Gasteiger partial charge in [-0.1, -0.05) is 17.7 Å². The van der Waals surface area contributed by atoms with Crippen LogP contribution in [0.4, 0.5) is 24.5 Å². The molecule has 0 bridgehead atoms. The zero-order valence-electron chi connectivity index (χ0n) is 9.35. The molecule has 0 aliphatic heterocycles. The van der Waals surface area contributed by atoms with Crippen molar-refractivity contribution in [3.8, 4) is 6.07 Å². The average molecular weight is 283 g/mol. The lowest BCUT2D eigenvalue weighted by atomic mass is 10.2. The maximum absolute atomic E-state index is 13.6. The molecule has 96 valence electrons. The minimum atomic E-state index is -1.00. The Morgan fingerprint density at radius 1 is 1.00 bits per heavy atom. The van der Waals surface area contributed by atoms with Gasteiger partial charge in [-0.15, -0.1) is 0 Å². The number of hydrogen-bond acceptors (Lipinski definition) is 2. The zero-order chi connectivity index (χ0) is 14.0. The van der Waals surface area contributed by atoms with Crippen molar-refractivity contribution < 1.29 is 13.2 Å². The summed E-state index contributed by atoms with van der Waals surface area (Å²) >= 11 is 5.74. The highest BCUT2D eigenvalue weighted by molar-refractivity contribution is 6.33. The zero-order valence-corrected chi connectivity index (χ0v) is 10.1. The Kier molecular flexibility index (Phi) is 3.63. The molecule has 0 saturated carbocycles. The highest BCUT2D eigenvalue weighted by Gasteiger charge is 2.15. The molecule has 2 nitrogen and oxygen atoms in total. The summed E-state index contributed by atoms with van der Waals surface area (Å²) in [5, 5.41) is 10.8. The van der Waals surface area contributed by atoms with Crippen molar-refractivity contribution in [3.05, 3.63) is 58.4 Å². The van der Waals surface area contributed by atoms with E-state index in [2.05, 4.69) is 5.32 Å². The van der Waals surface area contributed by atoms with Crippen molar-refractivity contribution in [3.63, 3.8) is 0 Å². The molecule has 0 saturated heterocycles. The van der Waals surface area contributed by atoms with Crippen molar-refractivity contribution >= 4 is 23.0 Å². The van der Waals surface area contributed by atoms with Crippen LogP contribution >= 0.6 is 11.6 Å². The highest BCUT2D eigenvalue weighted by Crippen LogP contribution is 2.31. The molecule has 0 atom stereocenters. The maximum atomic E-state index is 13.6. The van der Waals surface area contributed by atoms with Gasteiger partial charge in [0.25, 0.3) is 0 Å². The third-order valence-electron chi connectivity index (χ3n) is 2.38. The van der Waals surface area contributed by atoms with E-state index in [4.69, 9.17) is 16.9 Å². The van der Waals surface area contributed by atoms with Gasteiger partial charge in [0.05, 0.1) is 22.3 Å². The van der Waals surface area contributed by atoms with E-state index in [9.17, 15) is 13.2 Å². The van der Waals surface area contributed by atoms with Gasteiger partial charge in [0.15, 0.2) is 11.6 Å². The van der Waals surface area contributed by atoms with Crippen LogP contribution in [0, 0.1) is 28.8 Å². The Labute approximate surface area is 112 Å². The molecule has 1 N–H and O–H groups in total. The SMILES string of the molecule is N#Cc1cc(F)c(Nc2c(F)cccc2Cl)c(F)c1. The van der Waals surface area contributed by atoms with Crippen LogP contribution in [0.25, 0.3) is 0 Å². The lowest BCUT2D eigenvalue weighted by molar-refractivity contribution is 0.588. The van der Waals surface area contributed by atoms with Gasteiger partial charge in [-0.05, 0) is 24.3 Å². The van der Waals surface area contributed by atoms with Crippen molar-refractivity contribution in [2.75, 3.05) is 5.32 Å². The van der Waals surface area contributed by atoms with Crippen LogP contribution in [-0.2, 0) is 0 Å². The summed E-state index contributed by atoms with van der Waals surface area (Å²) in [5.74, 6) is -2.75. The van der Waals surface area contributed by atoms with Gasteiger partial charge < -0.3 is 5.32 Å². The molecule has 0 aliphatic rings. The number of nitrogens with one attached hydrogen (secondary N) is 1. The number of para-hydroxylation sites is 1. The Morgan fingerprint density at radius 3 is 2.16 bits per heavy atom. The van der Waals surface area contributed by atoms with Crippen molar-refractivity contribution in [1.82, 2.24) is 0 Å². The van der Waals surface area contributed by atoms with Crippen molar-refractivity contribution in [2.45, 2.75) is 0 Å². The molecule has 6 heteroatoms. The van der Waals surface area contributed by atoms with E-state index in [1.54, 1.807) is 6.07 Å². The predicted octanol–water partition coefficient (Wildman–Crippen LogP) is 4.37. The molecule has 0 unspecified atom stereocenters. The first-order chi connectivity index (χ1) is 9.02. The molecule has 0 aliphatic carbocycles. The van der Waals surface area contributed by atoms with Crippen LogP contribution in [0.1, 0.15) is 5.56 Å². The number of hydrogen-bond donors (Lipinski definition) is 1. The molecular weight excluding hydrogens is 277 g/mol. The Hall–Kier alpha value is -2.19. The normalized spacial score (nSPS) is 10.1. The fourth-order valence-electron chi connectivity index (χ4n) is 1.50. The van der Waals surface area contributed by atoms with Gasteiger partial charge in [0.2, 0.25) is 0 Å². The molecule has 0 fully saturated rings. The molecule has 0 amide bonds. The minimum Gasteiger partial charge on any atom is -0.347 e. The molecule has 0 heterocycles. The van der Waals surface area contributed by atoms with Crippen LogP contribution in [0.15, 0.2) is 30.3 Å². The second-order valence-electron chi connectivity index (χ2n) is 3.65. The van der Waals surface area contributed by atoms with Gasteiger partial charge in [0.1, 0.15) is 11.5 Å². The summed E-state index contributed by atoms with van der Waals surface area (Å²) < 4.78 is 40.8. The number of nitriles is 1. The van der Waals surface area contributed by atoms with Crippen molar-refractivity contribution in [2.24, 2.45) is 0 Å². The van der Waals surface area contributed by atoms with E-state index >= 15 is 0 Å². The van der Waals surface area contributed by atoms with Crippen LogP contribution in [0.5, 0.6) is 0 Å². The van der Waals surface area contributed by atoms with Crippen molar-refractivity contribution in [1.29, 1.82) is 5.26 Å². The van der Waals surface area contributed by atoms with E-state index in [1.807, 2.05) is 0 Å². The number of halogens is 4. The van der Waals surface area contributed by atoms with Gasteiger partial charge in [-0.25, -0.2) is 13.2 Å². The maximum Gasteiger partial charge on any atom is 0.150 e. The standard InChI is InChI=1S/C13H6ClF3N2/c14-8-2-1-3-9(15)12(8)19-13-10(16)4-7(6-18)5-11(13)17/h1-5,19H. The molecular formula is C13H6ClF3N2. The fourth-order valence-corrected chi connectivity index (χ4v) is 1.71. The Balaban J connectivity index is 2.48. The molecule has 0 spiro atoms. The first-order valence-corrected chi connectivity index (χ1v) is 5.51. The summed E-state index contributed by atoms with van der Waals surface area (Å²) in [6.07, 6.45) is 0. The average Bonchev–Trinajstić information content (AvgIpc) is 2.36. The monoisotopic (exact) mass is 282 g/mol. The molecule has 19 heavy (non-hydrogen) atoms. The number of benzene rings is 2. The first kappa shape index (κ1) is 13.2. The summed E-state index contributed by atoms with van der Waals surface area (Å²) in [6, 6.07) is 7.16. The molecule has 0 aromatic heterocycles. The van der Waals surface area contributed by atoms with Crippen LogP contribution < -0.4 is 5.32 Å². The third kappa shape index (κ3) is 2.64. The molecule has 2 aromatic rings. The minimum absolute atomic E-state index is 0.0110. The van der Waals surface area contributed by atoms with Gasteiger partial charge in [-0.3, -0.25) is 0 Å². The summed E-state index contributed by atoms with van der Waals surface area (Å²) in [7, 11) is 0. The van der Waals surface area contributed by atoms with Crippen LogP contribution in [0.3, 0.4) is 0 Å². The van der Waals surface area contributed by atoms with Gasteiger partial charge >= 0.3 is 0 Å². The van der Waals surface area contributed by atoms with E-state index in [0.29, 0.717) is 0 Å². The number of nitrogens with zero attached hydrogens (tertiary/aromatic N) is 1. The smallest absolute Gasteiger partial charge is 0.150 e.